The quantitative estimate of drug-likeness (QED) is 0.197. The zero-order chi connectivity index (χ0) is 37.8. The number of aromatic nitrogens is 1. The lowest BCUT2D eigenvalue weighted by Gasteiger charge is -2.52. The van der Waals surface area contributed by atoms with E-state index >= 15 is 4.79 Å². The van der Waals surface area contributed by atoms with Crippen molar-refractivity contribution in [3.8, 4) is 11.5 Å². The fourth-order valence-electron chi connectivity index (χ4n) is 7.49. The van der Waals surface area contributed by atoms with Crippen molar-refractivity contribution in [1.29, 1.82) is 0 Å². The van der Waals surface area contributed by atoms with Gasteiger partial charge in [-0.2, -0.15) is 26.3 Å². The van der Waals surface area contributed by atoms with Gasteiger partial charge in [0.2, 0.25) is 5.60 Å². The Labute approximate surface area is 300 Å². The van der Waals surface area contributed by atoms with Gasteiger partial charge in [0, 0.05) is 49.6 Å². The normalized spacial score (nSPS) is 22.6. The molecule has 9 nitrogen and oxygen atoms in total. The Morgan fingerprint density at radius 3 is 2.42 bits per heavy atom. The molecule has 4 atom stereocenters. The Bertz CT molecular complexity index is 1750. The lowest BCUT2D eigenvalue weighted by atomic mass is 9.77. The van der Waals surface area contributed by atoms with E-state index in [0.29, 0.717) is 36.3 Å². The lowest BCUT2D eigenvalue weighted by Crippen LogP contribution is -2.69. The number of carboxylic acid groups (broad SMARTS) is 1. The molecule has 4 heterocycles. The second kappa shape index (κ2) is 15.7. The van der Waals surface area contributed by atoms with Crippen LogP contribution >= 0.6 is 11.3 Å². The minimum Gasteiger partial charge on any atom is -0.496 e. The Morgan fingerprint density at radius 2 is 1.77 bits per heavy atom. The van der Waals surface area contributed by atoms with Gasteiger partial charge in [-0.1, -0.05) is 31.5 Å². The van der Waals surface area contributed by atoms with Crippen LogP contribution in [0.4, 0.5) is 26.3 Å². The van der Waals surface area contributed by atoms with Crippen LogP contribution in [0.3, 0.4) is 0 Å². The number of rotatable bonds is 11. The molecule has 2 aromatic heterocycles. The number of likely N-dealkylation sites (tertiary alicyclic amines) is 2. The highest BCUT2D eigenvalue weighted by Gasteiger charge is 2.57. The molecule has 2 saturated heterocycles. The lowest BCUT2D eigenvalue weighted by molar-refractivity contribution is -0.164. The molecule has 0 aliphatic carbocycles. The van der Waals surface area contributed by atoms with Crippen LogP contribution in [0.1, 0.15) is 90.7 Å². The monoisotopic (exact) mass is 755 g/mol. The van der Waals surface area contributed by atoms with Crippen molar-refractivity contribution in [2.75, 3.05) is 20.2 Å². The molecular formula is C36H39F6N3O6S. The van der Waals surface area contributed by atoms with Crippen LogP contribution in [0.25, 0.3) is 0 Å². The summed E-state index contributed by atoms with van der Waals surface area (Å²) < 4.78 is 95.3. The standard InChI is InChI=1S/C36H39F6N3O6S/c1-3-8-28-34(51-24-20-29(52-21-24)36(40,41)42,15-7-17-45(28)32(48)31-26(35(37,38)39)10-6-16-43-31)33(49)44-18-14-22(19-23(44)12-13-30(46)47)25-9-4-5-11-27(25)50-2/h4-6,9-11,16,20-23,28H,3,7-8,12-15,17-19H2,1-2H3,(H,46,47)/t22-,23+,28-,34+/m1/s1. The number of aliphatic carboxylic acids is 1. The molecule has 1 aromatic carbocycles. The van der Waals surface area contributed by atoms with Crippen LogP contribution in [0.15, 0.2) is 54.0 Å². The van der Waals surface area contributed by atoms with Gasteiger partial charge in [-0.25, -0.2) is 0 Å². The van der Waals surface area contributed by atoms with Gasteiger partial charge in [0.15, 0.2) is 0 Å². The number of nitrogens with zero attached hydrogens (tertiary/aromatic N) is 3. The number of methoxy groups -OCH3 is 1. The second-order valence-corrected chi connectivity index (χ2v) is 13.9. The van der Waals surface area contributed by atoms with E-state index in [9.17, 15) is 41.0 Å². The van der Waals surface area contributed by atoms with Gasteiger partial charge >= 0.3 is 18.3 Å². The molecule has 16 heteroatoms. The molecule has 2 fully saturated rings. The second-order valence-electron chi connectivity index (χ2n) is 13.0. The number of carbonyl (C=O) groups excluding carboxylic acids is 2. The molecular weight excluding hydrogens is 716 g/mol. The molecule has 3 aromatic rings. The largest absolute Gasteiger partial charge is 0.496 e. The molecule has 282 valence electrons. The maximum Gasteiger partial charge on any atom is 0.425 e. The van der Waals surface area contributed by atoms with E-state index in [1.165, 1.54) is 12.0 Å². The molecule has 0 saturated carbocycles. The van der Waals surface area contributed by atoms with Crippen LogP contribution in [-0.2, 0) is 21.9 Å². The fourth-order valence-corrected chi connectivity index (χ4v) is 8.16. The molecule has 2 aliphatic heterocycles. The van der Waals surface area contributed by atoms with Crippen molar-refractivity contribution in [3.05, 3.63) is 75.7 Å². The highest BCUT2D eigenvalue weighted by Crippen LogP contribution is 2.45. The number of carboxylic acids is 1. The van der Waals surface area contributed by atoms with Gasteiger partial charge in [-0.3, -0.25) is 19.4 Å². The molecule has 0 spiro atoms. The first kappa shape index (κ1) is 38.9. The van der Waals surface area contributed by atoms with Crippen LogP contribution in [0.2, 0.25) is 0 Å². The summed E-state index contributed by atoms with van der Waals surface area (Å²) in [6, 6.07) is 8.02. The van der Waals surface area contributed by atoms with Gasteiger partial charge in [-0.15, -0.1) is 11.3 Å². The van der Waals surface area contributed by atoms with Crippen molar-refractivity contribution in [2.45, 2.75) is 94.2 Å². The van der Waals surface area contributed by atoms with E-state index < -0.39 is 64.0 Å². The third-order valence-corrected chi connectivity index (χ3v) is 10.7. The molecule has 1 N–H and O–H groups in total. The number of pyridine rings is 1. The molecule has 0 unspecified atom stereocenters. The fraction of sp³-hybridized carbons (Fsp3) is 0.500. The summed E-state index contributed by atoms with van der Waals surface area (Å²) in [6.07, 6.45) is -7.68. The number of hydrogen-bond acceptors (Lipinski definition) is 7. The van der Waals surface area contributed by atoms with Crippen molar-refractivity contribution in [1.82, 2.24) is 14.8 Å². The first-order valence-electron chi connectivity index (χ1n) is 16.9. The molecule has 5 rings (SSSR count). The maximum absolute atomic E-state index is 15.2. The Morgan fingerprint density at radius 1 is 1.02 bits per heavy atom. The highest BCUT2D eigenvalue weighted by atomic mass is 32.1. The number of thiophene rings is 1. The average molecular weight is 756 g/mol. The van der Waals surface area contributed by atoms with E-state index in [0.717, 1.165) is 40.2 Å². The number of carbonyl (C=O) groups is 3. The van der Waals surface area contributed by atoms with Crippen molar-refractivity contribution in [3.63, 3.8) is 0 Å². The maximum atomic E-state index is 15.2. The summed E-state index contributed by atoms with van der Waals surface area (Å²) >= 11 is 0.360. The number of benzene rings is 1. The topological polar surface area (TPSA) is 109 Å². The van der Waals surface area contributed by atoms with Crippen molar-refractivity contribution < 1.29 is 55.3 Å². The van der Waals surface area contributed by atoms with Crippen LogP contribution < -0.4 is 9.47 Å². The Hall–Kier alpha value is -4.34. The average Bonchev–Trinajstić information content (AvgIpc) is 3.59. The van der Waals surface area contributed by atoms with Gasteiger partial charge in [0.05, 0.1) is 18.7 Å². The first-order chi connectivity index (χ1) is 24.6. The highest BCUT2D eigenvalue weighted by molar-refractivity contribution is 7.10. The number of amides is 2. The number of hydrogen-bond donors (Lipinski definition) is 1. The van der Waals surface area contributed by atoms with Crippen molar-refractivity contribution in [2.24, 2.45) is 0 Å². The molecule has 2 amide bonds. The predicted octanol–water partition coefficient (Wildman–Crippen LogP) is 8.05. The number of halogens is 6. The van der Waals surface area contributed by atoms with Crippen LogP contribution in [-0.4, -0.2) is 75.6 Å². The summed E-state index contributed by atoms with van der Waals surface area (Å²) in [7, 11) is 1.53. The Balaban J connectivity index is 1.60. The number of ether oxygens (including phenoxy) is 2. The molecule has 2 aliphatic rings. The van der Waals surface area contributed by atoms with E-state index in [2.05, 4.69) is 4.98 Å². The van der Waals surface area contributed by atoms with Crippen LogP contribution in [0.5, 0.6) is 11.5 Å². The smallest absolute Gasteiger partial charge is 0.425 e. The summed E-state index contributed by atoms with van der Waals surface area (Å²) in [5.41, 5.74) is -3.29. The summed E-state index contributed by atoms with van der Waals surface area (Å²) in [5.74, 6) is -2.65. The van der Waals surface area contributed by atoms with Crippen molar-refractivity contribution >= 4 is 29.1 Å². The third-order valence-electron chi connectivity index (χ3n) is 9.76. The number of para-hydroxylation sites is 1. The molecule has 0 bridgehead atoms. The van der Waals surface area contributed by atoms with E-state index in [1.54, 1.807) is 13.0 Å². The number of piperidine rings is 2. The summed E-state index contributed by atoms with van der Waals surface area (Å²) in [5, 5.41) is 10.7. The zero-order valence-electron chi connectivity index (χ0n) is 28.5. The molecule has 0 radical (unpaired) electrons. The van der Waals surface area contributed by atoms with Gasteiger partial charge in [-0.05, 0) is 61.8 Å². The van der Waals surface area contributed by atoms with Gasteiger partial charge in [0.25, 0.3) is 11.8 Å². The Kier molecular flexibility index (Phi) is 11.8. The summed E-state index contributed by atoms with van der Waals surface area (Å²) in [6.45, 7) is 1.79. The van der Waals surface area contributed by atoms with Crippen LogP contribution in [0, 0.1) is 0 Å². The van der Waals surface area contributed by atoms with Gasteiger partial charge < -0.3 is 24.4 Å². The van der Waals surface area contributed by atoms with Gasteiger partial charge in [0.1, 0.15) is 22.1 Å². The first-order valence-corrected chi connectivity index (χ1v) is 17.8. The minimum atomic E-state index is -4.92. The van der Waals surface area contributed by atoms with E-state index in [-0.39, 0.29) is 56.9 Å². The predicted molar refractivity (Wildman–Crippen MR) is 178 cm³/mol. The minimum absolute atomic E-state index is 0.0451. The van der Waals surface area contributed by atoms with E-state index in [1.807, 2.05) is 18.2 Å². The summed E-state index contributed by atoms with van der Waals surface area (Å²) in [4.78, 5) is 46.5. The van der Waals surface area contributed by atoms with E-state index in [4.69, 9.17) is 9.47 Å². The molecule has 52 heavy (non-hydrogen) atoms. The third kappa shape index (κ3) is 8.16. The SMILES string of the molecule is CCC[C@H]1N(C(=O)c2ncccc2C(F)(F)F)CCC[C@@]1(Oc1csc(C(F)(F)F)c1)C(=O)N1CC[C@@H](c2ccccc2OC)C[C@@H]1CCC(=O)O. The zero-order valence-corrected chi connectivity index (χ0v) is 29.3. The number of alkyl halides is 6.